The number of sulfonamides is 1. The largest absolute Gasteiger partial charge is 0.497 e. The minimum Gasteiger partial charge on any atom is -0.497 e. The van der Waals surface area contributed by atoms with E-state index < -0.39 is 15.9 Å². The maximum absolute atomic E-state index is 12.8. The minimum absolute atomic E-state index is 0.0197. The molecule has 28 heavy (non-hydrogen) atoms. The van der Waals surface area contributed by atoms with E-state index >= 15 is 0 Å². The lowest BCUT2D eigenvalue weighted by molar-refractivity contribution is 0.102. The summed E-state index contributed by atoms with van der Waals surface area (Å²) in [5.41, 5.74) is 0.513. The summed E-state index contributed by atoms with van der Waals surface area (Å²) in [7, 11) is 0.737. The van der Waals surface area contributed by atoms with E-state index in [-0.39, 0.29) is 22.2 Å². The molecule has 1 aliphatic carbocycles. The lowest BCUT2D eigenvalue weighted by atomic mass is 10.1. The van der Waals surface area contributed by atoms with E-state index in [4.69, 9.17) is 14.2 Å². The van der Waals surface area contributed by atoms with E-state index in [0.29, 0.717) is 17.2 Å². The number of hydrogen-bond acceptors (Lipinski definition) is 6. The maximum Gasteiger partial charge on any atom is 0.259 e. The molecule has 1 aliphatic rings. The van der Waals surface area contributed by atoms with E-state index in [1.807, 2.05) is 0 Å². The van der Waals surface area contributed by atoms with Gasteiger partial charge in [0.1, 0.15) is 17.2 Å². The number of ether oxygens (including phenoxy) is 3. The highest BCUT2D eigenvalue weighted by Gasteiger charge is 2.28. The molecule has 0 atom stereocenters. The highest BCUT2D eigenvalue weighted by atomic mass is 32.2. The van der Waals surface area contributed by atoms with Crippen LogP contribution >= 0.6 is 0 Å². The van der Waals surface area contributed by atoms with Crippen molar-refractivity contribution in [3.63, 3.8) is 0 Å². The third-order valence-electron chi connectivity index (χ3n) is 4.28. The van der Waals surface area contributed by atoms with Crippen LogP contribution in [0.4, 0.5) is 5.69 Å². The number of hydrogen-bond donors (Lipinski definition) is 2. The van der Waals surface area contributed by atoms with Gasteiger partial charge in [0.2, 0.25) is 10.0 Å². The summed E-state index contributed by atoms with van der Waals surface area (Å²) < 4.78 is 43.2. The van der Waals surface area contributed by atoms with Crippen molar-refractivity contribution >= 4 is 21.6 Å². The van der Waals surface area contributed by atoms with Crippen molar-refractivity contribution in [1.29, 1.82) is 0 Å². The lowest BCUT2D eigenvalue weighted by Crippen LogP contribution is -2.26. The Morgan fingerprint density at radius 1 is 0.964 bits per heavy atom. The molecule has 0 heterocycles. The third-order valence-corrected chi connectivity index (χ3v) is 5.80. The van der Waals surface area contributed by atoms with Gasteiger partial charge in [0.05, 0.1) is 37.5 Å². The van der Waals surface area contributed by atoms with Crippen LogP contribution in [-0.4, -0.2) is 41.7 Å². The quantitative estimate of drug-likeness (QED) is 0.698. The van der Waals surface area contributed by atoms with Crippen LogP contribution in [0.2, 0.25) is 0 Å². The molecule has 0 aliphatic heterocycles. The molecule has 1 amide bonds. The molecule has 0 saturated heterocycles. The topological polar surface area (TPSA) is 103 Å². The van der Waals surface area contributed by atoms with Crippen molar-refractivity contribution in [3.8, 4) is 17.2 Å². The van der Waals surface area contributed by atoms with Gasteiger partial charge in [-0.25, -0.2) is 13.1 Å². The summed E-state index contributed by atoms with van der Waals surface area (Å²) in [5.74, 6) is 0.744. The number of amides is 1. The molecule has 1 fully saturated rings. The van der Waals surface area contributed by atoms with Gasteiger partial charge in [0.15, 0.2) is 0 Å². The first-order valence-corrected chi connectivity index (χ1v) is 10.1. The fourth-order valence-corrected chi connectivity index (χ4v) is 3.95. The van der Waals surface area contributed by atoms with Crippen molar-refractivity contribution in [1.82, 2.24) is 4.72 Å². The van der Waals surface area contributed by atoms with Crippen LogP contribution in [0.3, 0.4) is 0 Å². The summed E-state index contributed by atoms with van der Waals surface area (Å²) >= 11 is 0. The lowest BCUT2D eigenvalue weighted by Gasteiger charge is -2.14. The van der Waals surface area contributed by atoms with Gasteiger partial charge < -0.3 is 19.5 Å². The molecule has 9 heteroatoms. The molecular weight excluding hydrogens is 384 g/mol. The Bertz CT molecular complexity index is 986. The third kappa shape index (κ3) is 4.37. The van der Waals surface area contributed by atoms with Crippen LogP contribution in [0, 0.1) is 0 Å². The van der Waals surface area contributed by atoms with Gasteiger partial charge in [-0.15, -0.1) is 0 Å². The monoisotopic (exact) mass is 406 g/mol. The molecule has 0 aromatic heterocycles. The Hall–Kier alpha value is -2.78. The fourth-order valence-electron chi connectivity index (χ4n) is 2.62. The Balaban J connectivity index is 1.90. The average molecular weight is 406 g/mol. The highest BCUT2D eigenvalue weighted by Crippen LogP contribution is 2.31. The number of benzene rings is 2. The van der Waals surface area contributed by atoms with Gasteiger partial charge in [-0.2, -0.15) is 0 Å². The van der Waals surface area contributed by atoms with Gasteiger partial charge in [-0.3, -0.25) is 4.79 Å². The van der Waals surface area contributed by atoms with E-state index in [9.17, 15) is 13.2 Å². The predicted octanol–water partition coefficient (Wildman–Crippen LogP) is 2.41. The zero-order chi connectivity index (χ0) is 20.3. The van der Waals surface area contributed by atoms with Crippen LogP contribution in [-0.2, 0) is 10.0 Å². The van der Waals surface area contributed by atoms with Gasteiger partial charge in [-0.05, 0) is 43.2 Å². The van der Waals surface area contributed by atoms with E-state index in [2.05, 4.69) is 10.0 Å². The number of anilines is 1. The molecule has 2 N–H and O–H groups in total. The standard InChI is InChI=1S/C19H22N2O6S/c1-25-13-6-8-15(18(10-13)27-3)19(22)20-16-11-14(7-9-17(16)26-2)28(23,24)21-12-4-5-12/h6-12,21H,4-5H2,1-3H3,(H,20,22). The van der Waals surface area contributed by atoms with Crippen molar-refractivity contribution in [2.75, 3.05) is 26.6 Å². The molecule has 0 bridgehead atoms. The fraction of sp³-hybridized carbons (Fsp3) is 0.316. The van der Waals surface area contributed by atoms with E-state index in [1.54, 1.807) is 18.2 Å². The number of rotatable bonds is 8. The summed E-state index contributed by atoms with van der Waals surface area (Å²) in [5, 5.41) is 2.69. The predicted molar refractivity (Wildman–Crippen MR) is 104 cm³/mol. The minimum atomic E-state index is -3.66. The number of carbonyl (C=O) groups is 1. The number of nitrogens with one attached hydrogen (secondary N) is 2. The summed E-state index contributed by atoms with van der Waals surface area (Å²) in [6, 6.07) is 9.08. The number of carbonyl (C=O) groups excluding carboxylic acids is 1. The second kappa shape index (κ2) is 8.07. The van der Waals surface area contributed by atoms with Gasteiger partial charge in [0.25, 0.3) is 5.91 Å². The van der Waals surface area contributed by atoms with Gasteiger partial charge in [0, 0.05) is 12.1 Å². The second-order valence-corrected chi connectivity index (χ2v) is 7.99. The molecule has 8 nitrogen and oxygen atoms in total. The van der Waals surface area contributed by atoms with Crippen molar-refractivity contribution in [3.05, 3.63) is 42.0 Å². The summed E-state index contributed by atoms with van der Waals surface area (Å²) in [4.78, 5) is 12.8. The van der Waals surface area contributed by atoms with Crippen molar-refractivity contribution in [2.24, 2.45) is 0 Å². The molecule has 150 valence electrons. The second-order valence-electron chi connectivity index (χ2n) is 6.28. The van der Waals surface area contributed by atoms with E-state index in [0.717, 1.165) is 12.8 Å². The first kappa shape index (κ1) is 20.0. The zero-order valence-electron chi connectivity index (χ0n) is 15.8. The Labute approximate surface area is 163 Å². The van der Waals surface area contributed by atoms with Crippen molar-refractivity contribution in [2.45, 2.75) is 23.8 Å². The Kier molecular flexibility index (Phi) is 5.76. The van der Waals surface area contributed by atoms with Crippen molar-refractivity contribution < 1.29 is 27.4 Å². The van der Waals surface area contributed by atoms with Crippen LogP contribution in [0.5, 0.6) is 17.2 Å². The molecule has 1 saturated carbocycles. The first-order valence-electron chi connectivity index (χ1n) is 8.61. The van der Waals surface area contributed by atoms with Crippen LogP contribution in [0.25, 0.3) is 0 Å². The molecule has 0 spiro atoms. The summed E-state index contributed by atoms with van der Waals surface area (Å²) in [6.07, 6.45) is 1.66. The average Bonchev–Trinajstić information content (AvgIpc) is 3.50. The molecule has 0 radical (unpaired) electrons. The summed E-state index contributed by atoms with van der Waals surface area (Å²) in [6.45, 7) is 0. The van der Waals surface area contributed by atoms with Gasteiger partial charge in [-0.1, -0.05) is 0 Å². The van der Waals surface area contributed by atoms with Crippen LogP contribution < -0.4 is 24.2 Å². The smallest absolute Gasteiger partial charge is 0.259 e. The molecular formula is C19H22N2O6S. The Morgan fingerprint density at radius 2 is 1.68 bits per heavy atom. The first-order chi connectivity index (χ1) is 13.4. The SMILES string of the molecule is COc1ccc(C(=O)Nc2cc(S(=O)(=O)NC3CC3)ccc2OC)c(OC)c1. The molecule has 2 aromatic rings. The molecule has 2 aromatic carbocycles. The molecule has 0 unspecified atom stereocenters. The molecule has 3 rings (SSSR count). The Morgan fingerprint density at radius 3 is 2.29 bits per heavy atom. The maximum atomic E-state index is 12.8. The number of methoxy groups -OCH3 is 3. The van der Waals surface area contributed by atoms with Crippen LogP contribution in [0.1, 0.15) is 23.2 Å². The van der Waals surface area contributed by atoms with Crippen LogP contribution in [0.15, 0.2) is 41.3 Å². The van der Waals surface area contributed by atoms with Gasteiger partial charge >= 0.3 is 0 Å². The zero-order valence-corrected chi connectivity index (χ0v) is 16.6. The highest BCUT2D eigenvalue weighted by molar-refractivity contribution is 7.89. The normalized spacial score (nSPS) is 13.7. The van der Waals surface area contributed by atoms with E-state index in [1.165, 1.54) is 39.5 Å².